The van der Waals surface area contributed by atoms with Gasteiger partial charge in [0.2, 0.25) is 0 Å². The van der Waals surface area contributed by atoms with Gasteiger partial charge in [-0.05, 0) is 42.8 Å². The van der Waals surface area contributed by atoms with Crippen LogP contribution < -0.4 is 9.47 Å². The summed E-state index contributed by atoms with van der Waals surface area (Å²) < 4.78 is 10.8. The van der Waals surface area contributed by atoms with Gasteiger partial charge >= 0.3 is 0 Å². The minimum absolute atomic E-state index is 0.0661. The second-order valence-electron chi connectivity index (χ2n) is 5.59. The lowest BCUT2D eigenvalue weighted by Crippen LogP contribution is -2.31. The Bertz CT molecular complexity index is 759. The lowest BCUT2D eigenvalue weighted by atomic mass is 10.1. The van der Waals surface area contributed by atoms with Crippen LogP contribution in [-0.2, 0) is 11.3 Å². The topological polar surface area (TPSA) is 55.8 Å². The molecule has 0 aliphatic rings. The molecule has 132 valence electrons. The van der Waals surface area contributed by atoms with Crippen LogP contribution in [0.3, 0.4) is 0 Å². The number of carbonyl (C=O) groups is 2. The van der Waals surface area contributed by atoms with E-state index in [2.05, 4.69) is 0 Å². The highest BCUT2D eigenvalue weighted by molar-refractivity contribution is 6.30. The minimum atomic E-state index is -0.173. The molecule has 0 fully saturated rings. The molecule has 0 N–H and O–H groups in total. The van der Waals surface area contributed by atoms with E-state index in [0.29, 0.717) is 28.6 Å². The zero-order valence-corrected chi connectivity index (χ0v) is 15.2. The second kappa shape index (κ2) is 8.53. The molecule has 0 atom stereocenters. The lowest BCUT2D eigenvalue weighted by Gasteiger charge is -2.18. The Morgan fingerprint density at radius 2 is 1.76 bits per heavy atom. The number of benzene rings is 2. The van der Waals surface area contributed by atoms with Crippen LogP contribution in [-0.4, -0.2) is 37.4 Å². The van der Waals surface area contributed by atoms with Crippen molar-refractivity contribution >= 4 is 23.3 Å². The first kappa shape index (κ1) is 18.8. The fourth-order valence-corrected chi connectivity index (χ4v) is 2.33. The quantitative estimate of drug-likeness (QED) is 0.707. The molecule has 0 radical (unpaired) electrons. The number of ketones is 1. The summed E-state index contributed by atoms with van der Waals surface area (Å²) in [5.41, 5.74) is 1.50. The van der Waals surface area contributed by atoms with Crippen molar-refractivity contribution in [3.8, 4) is 11.5 Å². The van der Waals surface area contributed by atoms with Gasteiger partial charge in [-0.3, -0.25) is 9.59 Å². The predicted molar refractivity (Wildman–Crippen MR) is 96.4 cm³/mol. The van der Waals surface area contributed by atoms with Gasteiger partial charge in [0.1, 0.15) is 0 Å². The Morgan fingerprint density at radius 1 is 1.08 bits per heavy atom. The first-order chi connectivity index (χ1) is 11.9. The van der Waals surface area contributed by atoms with E-state index >= 15 is 0 Å². The summed E-state index contributed by atoms with van der Waals surface area (Å²) in [5, 5.41) is 0.655. The van der Waals surface area contributed by atoms with Gasteiger partial charge in [-0.25, -0.2) is 0 Å². The fourth-order valence-electron chi connectivity index (χ4n) is 2.21. The van der Waals surface area contributed by atoms with E-state index in [1.807, 2.05) is 12.1 Å². The molecule has 0 bridgehead atoms. The summed E-state index contributed by atoms with van der Waals surface area (Å²) >= 11 is 5.85. The van der Waals surface area contributed by atoms with Crippen LogP contribution in [0.2, 0.25) is 5.02 Å². The van der Waals surface area contributed by atoms with Crippen molar-refractivity contribution in [1.29, 1.82) is 0 Å². The van der Waals surface area contributed by atoms with Crippen molar-refractivity contribution < 1.29 is 19.1 Å². The number of methoxy groups -OCH3 is 1. The normalized spacial score (nSPS) is 10.2. The zero-order chi connectivity index (χ0) is 18.4. The predicted octanol–water partition coefficient (Wildman–Crippen LogP) is 3.59. The second-order valence-corrected chi connectivity index (χ2v) is 6.02. The molecular formula is C19H20ClNO4. The van der Waals surface area contributed by atoms with Crippen molar-refractivity contribution in [3.05, 3.63) is 58.6 Å². The molecule has 2 aromatic carbocycles. The molecule has 6 heteroatoms. The van der Waals surface area contributed by atoms with E-state index < -0.39 is 0 Å². The number of carbonyl (C=O) groups excluding carboxylic acids is 2. The van der Waals surface area contributed by atoms with Crippen LogP contribution in [0.15, 0.2) is 42.5 Å². The van der Waals surface area contributed by atoms with E-state index in [9.17, 15) is 9.59 Å². The maximum absolute atomic E-state index is 12.2. The number of amides is 1. The Kier molecular flexibility index (Phi) is 6.42. The molecule has 0 spiro atoms. The number of nitrogens with zero attached hydrogens (tertiary/aromatic N) is 1. The van der Waals surface area contributed by atoms with Crippen LogP contribution in [0.1, 0.15) is 22.8 Å². The fraction of sp³-hybridized carbons (Fsp3) is 0.263. The van der Waals surface area contributed by atoms with Crippen LogP contribution >= 0.6 is 11.6 Å². The molecule has 2 aromatic rings. The summed E-state index contributed by atoms with van der Waals surface area (Å²) in [6, 6.07) is 12.2. The first-order valence-corrected chi connectivity index (χ1v) is 8.08. The maximum atomic E-state index is 12.2. The molecule has 0 aliphatic carbocycles. The molecule has 1 amide bonds. The number of halogens is 1. The highest BCUT2D eigenvalue weighted by Gasteiger charge is 2.13. The van der Waals surface area contributed by atoms with Crippen molar-refractivity contribution in [2.75, 3.05) is 20.8 Å². The molecule has 2 rings (SSSR count). The van der Waals surface area contributed by atoms with Gasteiger partial charge < -0.3 is 14.4 Å². The van der Waals surface area contributed by atoms with Gasteiger partial charge in [-0.2, -0.15) is 0 Å². The van der Waals surface area contributed by atoms with Crippen LogP contribution in [0, 0.1) is 0 Å². The molecular weight excluding hydrogens is 342 g/mol. The highest BCUT2D eigenvalue weighted by Crippen LogP contribution is 2.28. The number of likely N-dealkylation sites (N-methyl/N-ethyl adjacent to an activating group) is 1. The van der Waals surface area contributed by atoms with Crippen molar-refractivity contribution in [1.82, 2.24) is 4.90 Å². The third kappa shape index (κ3) is 5.22. The number of rotatable bonds is 7. The smallest absolute Gasteiger partial charge is 0.260 e. The summed E-state index contributed by atoms with van der Waals surface area (Å²) in [6.07, 6.45) is 0. The Labute approximate surface area is 152 Å². The molecule has 25 heavy (non-hydrogen) atoms. The van der Waals surface area contributed by atoms with E-state index in [-0.39, 0.29) is 18.3 Å². The average molecular weight is 362 g/mol. The molecule has 0 heterocycles. The van der Waals surface area contributed by atoms with Crippen LogP contribution in [0.25, 0.3) is 0 Å². The number of ether oxygens (including phenoxy) is 2. The molecule has 0 aliphatic heterocycles. The largest absolute Gasteiger partial charge is 0.493 e. The van der Waals surface area contributed by atoms with Crippen molar-refractivity contribution in [2.45, 2.75) is 13.5 Å². The van der Waals surface area contributed by atoms with Gasteiger partial charge in [0.15, 0.2) is 23.9 Å². The average Bonchev–Trinajstić information content (AvgIpc) is 2.61. The van der Waals surface area contributed by atoms with Gasteiger partial charge in [0.05, 0.1) is 7.11 Å². The SMILES string of the molecule is COc1cc(C(C)=O)ccc1OCC(=O)N(C)Cc1ccc(Cl)cc1. The number of hydrogen-bond acceptors (Lipinski definition) is 4. The lowest BCUT2D eigenvalue weighted by molar-refractivity contribution is -0.132. The standard InChI is InChI=1S/C19H20ClNO4/c1-13(22)15-6-9-17(18(10-15)24-3)25-12-19(23)21(2)11-14-4-7-16(20)8-5-14/h4-10H,11-12H2,1-3H3. The van der Waals surface area contributed by atoms with Crippen LogP contribution in [0.5, 0.6) is 11.5 Å². The summed E-state index contributed by atoms with van der Waals surface area (Å²) in [5.74, 6) is 0.595. The third-order valence-corrected chi connectivity index (χ3v) is 3.93. The van der Waals surface area contributed by atoms with E-state index in [1.54, 1.807) is 42.3 Å². The van der Waals surface area contributed by atoms with E-state index in [4.69, 9.17) is 21.1 Å². The number of hydrogen-bond donors (Lipinski definition) is 0. The first-order valence-electron chi connectivity index (χ1n) is 7.71. The third-order valence-electron chi connectivity index (χ3n) is 3.68. The summed E-state index contributed by atoms with van der Waals surface area (Å²) in [7, 11) is 3.19. The monoisotopic (exact) mass is 361 g/mol. The highest BCUT2D eigenvalue weighted by atomic mass is 35.5. The molecule has 0 saturated carbocycles. The summed E-state index contributed by atoms with van der Waals surface area (Å²) in [6.45, 7) is 1.81. The molecule has 0 aromatic heterocycles. The van der Waals surface area contributed by atoms with Gasteiger partial charge in [-0.1, -0.05) is 23.7 Å². The molecule has 0 unspecified atom stereocenters. The van der Waals surface area contributed by atoms with Gasteiger partial charge in [-0.15, -0.1) is 0 Å². The number of Topliss-reactive ketones (excluding diaryl/α,β-unsaturated/α-hetero) is 1. The molecule has 5 nitrogen and oxygen atoms in total. The molecule has 0 saturated heterocycles. The van der Waals surface area contributed by atoms with Crippen molar-refractivity contribution in [3.63, 3.8) is 0 Å². The van der Waals surface area contributed by atoms with Gasteiger partial charge in [0.25, 0.3) is 5.91 Å². The van der Waals surface area contributed by atoms with Gasteiger partial charge in [0, 0.05) is 24.2 Å². The van der Waals surface area contributed by atoms with Crippen LogP contribution in [0.4, 0.5) is 0 Å². The Morgan fingerprint density at radius 3 is 2.36 bits per heavy atom. The Balaban J connectivity index is 1.96. The van der Waals surface area contributed by atoms with E-state index in [0.717, 1.165) is 5.56 Å². The zero-order valence-electron chi connectivity index (χ0n) is 14.4. The Hall–Kier alpha value is -2.53. The summed E-state index contributed by atoms with van der Waals surface area (Å²) in [4.78, 5) is 25.2. The van der Waals surface area contributed by atoms with Crippen molar-refractivity contribution in [2.24, 2.45) is 0 Å². The maximum Gasteiger partial charge on any atom is 0.260 e. The van der Waals surface area contributed by atoms with E-state index in [1.165, 1.54) is 14.0 Å². The minimum Gasteiger partial charge on any atom is -0.493 e.